The minimum atomic E-state index is -4.06. The van der Waals surface area contributed by atoms with E-state index >= 15 is 0 Å². The SMILES string of the molecule is O=C1CC(NC(=O)[C@@H]2CN(S(=O)(=O)c3ccccc3)C[C@@H]3C/C=C\C[C@H](NC(=O)c4cccc5ccccc45)C(=O)N32)C(O)O1. The van der Waals surface area contributed by atoms with Crippen LogP contribution >= 0.6 is 0 Å². The maximum absolute atomic E-state index is 14.3. The lowest BCUT2D eigenvalue weighted by molar-refractivity contribution is -0.156. The number of cyclic esters (lactones) is 1. The summed E-state index contributed by atoms with van der Waals surface area (Å²) in [6.45, 7) is -0.467. The molecule has 2 fully saturated rings. The number of ether oxygens (including phenoxy) is 1. The molecule has 13 heteroatoms. The number of carbonyl (C=O) groups excluding carboxylic acids is 4. The van der Waals surface area contributed by atoms with Crippen molar-refractivity contribution in [1.29, 1.82) is 0 Å². The van der Waals surface area contributed by atoms with Crippen molar-refractivity contribution in [2.75, 3.05) is 13.1 Å². The third-order valence-corrected chi connectivity index (χ3v) is 10.2. The van der Waals surface area contributed by atoms with Gasteiger partial charge in [-0.25, -0.2) is 8.42 Å². The number of rotatable bonds is 6. The minimum Gasteiger partial charge on any atom is -0.434 e. The van der Waals surface area contributed by atoms with E-state index < -0.39 is 64.2 Å². The Bertz CT molecular complexity index is 1770. The van der Waals surface area contributed by atoms with Gasteiger partial charge in [-0.15, -0.1) is 0 Å². The van der Waals surface area contributed by atoms with Crippen LogP contribution in [0.15, 0.2) is 89.8 Å². The number of sulfonamides is 1. The van der Waals surface area contributed by atoms with Gasteiger partial charge in [0.2, 0.25) is 28.1 Å². The van der Waals surface area contributed by atoms with Crippen LogP contribution in [-0.4, -0.2) is 90.0 Å². The first kappa shape index (κ1) is 30.4. The van der Waals surface area contributed by atoms with Crippen molar-refractivity contribution in [2.45, 2.75) is 54.6 Å². The molecule has 3 heterocycles. The second kappa shape index (κ2) is 12.4. The van der Waals surface area contributed by atoms with E-state index in [9.17, 15) is 32.7 Å². The quantitative estimate of drug-likeness (QED) is 0.271. The lowest BCUT2D eigenvalue weighted by atomic mass is 9.97. The van der Waals surface area contributed by atoms with Gasteiger partial charge in [-0.05, 0) is 41.8 Å². The van der Waals surface area contributed by atoms with Crippen molar-refractivity contribution in [3.8, 4) is 0 Å². The molecule has 0 spiro atoms. The Labute approximate surface area is 259 Å². The van der Waals surface area contributed by atoms with Crippen LogP contribution in [0.3, 0.4) is 0 Å². The number of piperazine rings is 1. The first-order valence-electron chi connectivity index (χ1n) is 14.6. The van der Waals surface area contributed by atoms with Gasteiger partial charge in [0.1, 0.15) is 18.1 Å². The van der Waals surface area contributed by atoms with E-state index in [2.05, 4.69) is 10.6 Å². The predicted molar refractivity (Wildman–Crippen MR) is 162 cm³/mol. The van der Waals surface area contributed by atoms with Crippen LogP contribution in [0.2, 0.25) is 0 Å². The Morgan fingerprint density at radius 3 is 2.33 bits per heavy atom. The molecule has 0 aromatic heterocycles. The molecule has 0 bridgehead atoms. The van der Waals surface area contributed by atoms with E-state index in [4.69, 9.17) is 4.74 Å². The maximum Gasteiger partial charge on any atom is 0.310 e. The third kappa shape index (κ3) is 6.06. The number of aliphatic hydroxyl groups is 1. The van der Waals surface area contributed by atoms with Crippen molar-refractivity contribution in [3.05, 3.63) is 90.5 Å². The lowest BCUT2D eigenvalue weighted by Gasteiger charge is -2.47. The Morgan fingerprint density at radius 1 is 0.867 bits per heavy atom. The van der Waals surface area contributed by atoms with Crippen molar-refractivity contribution in [2.24, 2.45) is 0 Å². The number of esters is 1. The van der Waals surface area contributed by atoms with Gasteiger partial charge in [-0.2, -0.15) is 4.31 Å². The molecule has 5 atom stereocenters. The van der Waals surface area contributed by atoms with E-state index in [0.717, 1.165) is 5.39 Å². The zero-order chi connectivity index (χ0) is 31.7. The van der Waals surface area contributed by atoms with Gasteiger partial charge < -0.3 is 25.4 Å². The standard InChI is InChI=1S/C32H32N4O8S/c37-28-17-26(32(41)44-28)34-30(39)27-19-35(45(42,43)22-12-2-1-3-13-22)18-21-11-5-7-16-25(31(40)36(21)27)33-29(38)24-15-8-10-20-9-4-6-14-23(20)24/h1-10,12-15,21,25-27,32,41H,11,16-19H2,(H,33,38)(H,34,39)/b7-5-/t21-,25-,26?,27-,32?/m0/s1. The summed E-state index contributed by atoms with van der Waals surface area (Å²) in [7, 11) is -4.06. The summed E-state index contributed by atoms with van der Waals surface area (Å²) in [4.78, 5) is 54.7. The molecule has 3 N–H and O–H groups in total. The zero-order valence-corrected chi connectivity index (χ0v) is 24.9. The largest absolute Gasteiger partial charge is 0.434 e. The van der Waals surface area contributed by atoms with Gasteiger partial charge in [0.05, 0.1) is 11.3 Å². The summed E-state index contributed by atoms with van der Waals surface area (Å²) in [5.41, 5.74) is 0.386. The molecule has 3 aliphatic heterocycles. The number of benzene rings is 3. The Balaban J connectivity index is 1.32. The molecule has 45 heavy (non-hydrogen) atoms. The van der Waals surface area contributed by atoms with E-state index in [1.807, 2.05) is 36.4 Å². The zero-order valence-electron chi connectivity index (χ0n) is 24.1. The molecule has 3 amide bonds. The molecule has 12 nitrogen and oxygen atoms in total. The van der Waals surface area contributed by atoms with E-state index in [1.54, 1.807) is 36.4 Å². The number of aliphatic hydroxyl groups excluding tert-OH is 1. The van der Waals surface area contributed by atoms with Gasteiger partial charge in [0, 0.05) is 24.7 Å². The first-order valence-corrected chi connectivity index (χ1v) is 16.1. The smallest absolute Gasteiger partial charge is 0.310 e. The van der Waals surface area contributed by atoms with Crippen molar-refractivity contribution in [1.82, 2.24) is 19.8 Å². The van der Waals surface area contributed by atoms with Crippen LogP contribution in [0.4, 0.5) is 0 Å². The molecule has 3 aromatic carbocycles. The number of fused-ring (bicyclic) bond motifs is 2. The second-order valence-electron chi connectivity index (χ2n) is 11.2. The molecule has 0 aliphatic carbocycles. The van der Waals surface area contributed by atoms with E-state index in [1.165, 1.54) is 21.3 Å². The average molecular weight is 633 g/mol. The van der Waals surface area contributed by atoms with Crippen LogP contribution in [-0.2, 0) is 29.1 Å². The Kier molecular flexibility index (Phi) is 8.40. The highest BCUT2D eigenvalue weighted by atomic mass is 32.2. The fraction of sp³-hybridized carbons (Fsp3) is 0.312. The fourth-order valence-electron chi connectivity index (χ4n) is 6.09. The summed E-state index contributed by atoms with van der Waals surface area (Å²) in [5.74, 6) is -2.47. The summed E-state index contributed by atoms with van der Waals surface area (Å²) < 4.78 is 33.3. The van der Waals surface area contributed by atoms with Gasteiger partial charge in [-0.1, -0.05) is 66.7 Å². The fourth-order valence-corrected chi connectivity index (χ4v) is 7.60. The summed E-state index contributed by atoms with van der Waals surface area (Å²) >= 11 is 0. The molecule has 0 radical (unpaired) electrons. The molecule has 2 unspecified atom stereocenters. The average Bonchev–Trinajstić information content (AvgIpc) is 3.36. The summed E-state index contributed by atoms with van der Waals surface area (Å²) in [6, 6.07) is 16.3. The number of carbonyl (C=O) groups is 4. The predicted octanol–water partition coefficient (Wildman–Crippen LogP) is 1.31. The van der Waals surface area contributed by atoms with Crippen molar-refractivity contribution in [3.63, 3.8) is 0 Å². The highest BCUT2D eigenvalue weighted by Gasteiger charge is 2.48. The molecule has 3 aliphatic rings. The highest BCUT2D eigenvalue weighted by Crippen LogP contribution is 2.28. The number of nitrogens with zero attached hydrogens (tertiary/aromatic N) is 2. The van der Waals surface area contributed by atoms with Gasteiger partial charge >= 0.3 is 5.97 Å². The maximum atomic E-state index is 14.3. The van der Waals surface area contributed by atoms with Crippen molar-refractivity contribution < 1.29 is 37.4 Å². The Morgan fingerprint density at radius 2 is 1.58 bits per heavy atom. The van der Waals surface area contributed by atoms with Crippen LogP contribution in [0.5, 0.6) is 0 Å². The number of hydrogen-bond acceptors (Lipinski definition) is 8. The number of nitrogens with one attached hydrogen (secondary N) is 2. The Hall–Kier alpha value is -4.59. The van der Waals surface area contributed by atoms with Gasteiger partial charge in [0.15, 0.2) is 0 Å². The molecular formula is C32H32N4O8S. The highest BCUT2D eigenvalue weighted by molar-refractivity contribution is 7.89. The summed E-state index contributed by atoms with van der Waals surface area (Å²) in [6.07, 6.45) is 2.12. The molecule has 3 aromatic rings. The van der Waals surface area contributed by atoms with Crippen LogP contribution in [0.25, 0.3) is 10.8 Å². The third-order valence-electron chi connectivity index (χ3n) is 8.35. The number of hydrogen-bond donors (Lipinski definition) is 3. The molecule has 234 valence electrons. The first-order chi connectivity index (χ1) is 21.6. The monoisotopic (exact) mass is 632 g/mol. The van der Waals surface area contributed by atoms with Gasteiger partial charge in [0.25, 0.3) is 5.91 Å². The van der Waals surface area contributed by atoms with Crippen LogP contribution < -0.4 is 10.6 Å². The minimum absolute atomic E-state index is 0.0377. The molecule has 0 saturated carbocycles. The van der Waals surface area contributed by atoms with E-state index in [0.29, 0.717) is 10.9 Å². The van der Waals surface area contributed by atoms with Crippen LogP contribution in [0.1, 0.15) is 29.6 Å². The topological polar surface area (TPSA) is 162 Å². The molecule has 6 rings (SSSR count). The lowest BCUT2D eigenvalue weighted by Crippen LogP contribution is -2.68. The van der Waals surface area contributed by atoms with Crippen LogP contribution in [0, 0.1) is 0 Å². The van der Waals surface area contributed by atoms with Crippen molar-refractivity contribution >= 4 is 44.5 Å². The molecule has 2 saturated heterocycles. The van der Waals surface area contributed by atoms with E-state index in [-0.39, 0.29) is 37.2 Å². The summed E-state index contributed by atoms with van der Waals surface area (Å²) in [5, 5.41) is 17.1. The van der Waals surface area contributed by atoms with Gasteiger partial charge in [-0.3, -0.25) is 19.2 Å². The second-order valence-corrected chi connectivity index (χ2v) is 13.2. The molecular weight excluding hydrogens is 600 g/mol. The normalized spacial score (nSPS) is 26.3. The number of amides is 3.